The molecule has 3 rings (SSSR count). The molecule has 1 aromatic carbocycles. The van der Waals surface area contributed by atoms with Gasteiger partial charge in [-0.05, 0) is 25.0 Å². The first kappa shape index (κ1) is 13.1. The summed E-state index contributed by atoms with van der Waals surface area (Å²) >= 11 is 1.51. The minimum absolute atomic E-state index is 0.00617. The van der Waals surface area contributed by atoms with Gasteiger partial charge in [0, 0.05) is 12.5 Å². The van der Waals surface area contributed by atoms with Crippen molar-refractivity contribution in [2.24, 2.45) is 10.9 Å². The summed E-state index contributed by atoms with van der Waals surface area (Å²) in [6.45, 7) is 4.39. The standard InChI is InChI=1S/C15H16N2O2S/c1-3-9-17-13-11(19-2)5-4-6-12(13)20-15(17)16-14(18)10-7-8-10/h3-6,10H,1,7-9H2,2H3. The molecule has 0 spiro atoms. The number of aromatic nitrogens is 1. The van der Waals surface area contributed by atoms with Gasteiger partial charge in [-0.25, -0.2) is 0 Å². The minimum Gasteiger partial charge on any atom is -0.495 e. The van der Waals surface area contributed by atoms with Crippen LogP contribution in [0.3, 0.4) is 0 Å². The van der Waals surface area contributed by atoms with Gasteiger partial charge in [-0.2, -0.15) is 4.99 Å². The molecule has 0 atom stereocenters. The Kier molecular flexibility index (Phi) is 3.44. The summed E-state index contributed by atoms with van der Waals surface area (Å²) in [5.41, 5.74) is 0.974. The number of carbonyl (C=O) groups is 1. The number of rotatable bonds is 4. The number of nitrogens with zero attached hydrogens (tertiary/aromatic N) is 2. The molecule has 1 fully saturated rings. The Hall–Kier alpha value is -1.88. The van der Waals surface area contributed by atoms with E-state index in [2.05, 4.69) is 11.6 Å². The van der Waals surface area contributed by atoms with Gasteiger partial charge in [-0.15, -0.1) is 6.58 Å². The van der Waals surface area contributed by atoms with E-state index in [1.807, 2.05) is 22.8 Å². The van der Waals surface area contributed by atoms with E-state index in [-0.39, 0.29) is 11.8 Å². The van der Waals surface area contributed by atoms with Crippen molar-refractivity contribution in [3.8, 4) is 5.75 Å². The van der Waals surface area contributed by atoms with Crippen LogP contribution in [0, 0.1) is 5.92 Å². The van der Waals surface area contributed by atoms with Gasteiger partial charge in [-0.1, -0.05) is 23.5 Å². The van der Waals surface area contributed by atoms with Gasteiger partial charge in [0.05, 0.1) is 11.8 Å². The first-order valence-corrected chi connectivity index (χ1v) is 7.42. The van der Waals surface area contributed by atoms with Crippen molar-refractivity contribution in [2.45, 2.75) is 19.4 Å². The quantitative estimate of drug-likeness (QED) is 0.812. The van der Waals surface area contributed by atoms with Crippen molar-refractivity contribution >= 4 is 27.5 Å². The maximum Gasteiger partial charge on any atom is 0.251 e. The lowest BCUT2D eigenvalue weighted by molar-refractivity contribution is -0.119. The Morgan fingerprint density at radius 3 is 3.05 bits per heavy atom. The molecule has 2 aromatic rings. The highest BCUT2D eigenvalue weighted by Gasteiger charge is 2.29. The second-order valence-electron chi connectivity index (χ2n) is 4.82. The van der Waals surface area contributed by atoms with Crippen LogP contribution in [0.25, 0.3) is 10.2 Å². The molecule has 1 saturated carbocycles. The van der Waals surface area contributed by atoms with Crippen LogP contribution in [0.5, 0.6) is 5.75 Å². The number of amides is 1. The van der Waals surface area contributed by atoms with Crippen LogP contribution >= 0.6 is 11.3 Å². The third kappa shape index (κ3) is 2.29. The monoisotopic (exact) mass is 288 g/mol. The van der Waals surface area contributed by atoms with E-state index in [1.165, 1.54) is 11.3 Å². The molecule has 1 heterocycles. The fraction of sp³-hybridized carbons (Fsp3) is 0.333. The summed E-state index contributed by atoms with van der Waals surface area (Å²) in [7, 11) is 1.65. The molecule has 0 N–H and O–H groups in total. The van der Waals surface area contributed by atoms with Crippen molar-refractivity contribution < 1.29 is 9.53 Å². The third-order valence-electron chi connectivity index (χ3n) is 3.33. The van der Waals surface area contributed by atoms with Crippen LogP contribution in [0.4, 0.5) is 0 Å². The predicted molar refractivity (Wildman–Crippen MR) is 79.9 cm³/mol. The number of carbonyl (C=O) groups excluding carboxylic acids is 1. The summed E-state index contributed by atoms with van der Waals surface area (Å²) in [6.07, 6.45) is 3.75. The Bertz CT molecular complexity index is 738. The van der Waals surface area contributed by atoms with Crippen LogP contribution in [0.15, 0.2) is 35.8 Å². The lowest BCUT2D eigenvalue weighted by Gasteiger charge is -2.05. The first-order chi connectivity index (χ1) is 9.74. The molecule has 4 nitrogen and oxygen atoms in total. The van der Waals surface area contributed by atoms with Crippen molar-refractivity contribution in [1.29, 1.82) is 0 Å². The van der Waals surface area contributed by atoms with Crippen LogP contribution < -0.4 is 9.54 Å². The molecular weight excluding hydrogens is 272 g/mol. The lowest BCUT2D eigenvalue weighted by atomic mass is 10.3. The maximum absolute atomic E-state index is 11.9. The van der Waals surface area contributed by atoms with Crippen molar-refractivity contribution in [3.05, 3.63) is 35.7 Å². The van der Waals surface area contributed by atoms with E-state index in [1.54, 1.807) is 13.2 Å². The van der Waals surface area contributed by atoms with E-state index >= 15 is 0 Å². The molecule has 0 unspecified atom stereocenters. The number of methoxy groups -OCH3 is 1. The summed E-state index contributed by atoms with van der Waals surface area (Å²) in [5, 5.41) is 0. The van der Waals surface area contributed by atoms with Gasteiger partial charge in [-0.3, -0.25) is 4.79 Å². The van der Waals surface area contributed by atoms with Gasteiger partial charge >= 0.3 is 0 Å². The second-order valence-corrected chi connectivity index (χ2v) is 5.82. The van der Waals surface area contributed by atoms with E-state index in [9.17, 15) is 4.79 Å². The number of allylic oxidation sites excluding steroid dienone is 1. The van der Waals surface area contributed by atoms with Gasteiger partial charge < -0.3 is 9.30 Å². The zero-order valence-corrected chi connectivity index (χ0v) is 12.2. The van der Waals surface area contributed by atoms with Gasteiger partial charge in [0.1, 0.15) is 11.3 Å². The van der Waals surface area contributed by atoms with Gasteiger partial charge in [0.2, 0.25) is 0 Å². The number of hydrogen-bond acceptors (Lipinski definition) is 3. The number of thiazole rings is 1. The molecule has 1 aliphatic carbocycles. The number of benzene rings is 1. The van der Waals surface area contributed by atoms with Crippen molar-refractivity contribution in [3.63, 3.8) is 0 Å². The summed E-state index contributed by atoms with van der Waals surface area (Å²) in [4.78, 5) is 16.9. The zero-order valence-electron chi connectivity index (χ0n) is 11.3. The SMILES string of the molecule is C=CCn1c(=NC(=O)C2CC2)sc2cccc(OC)c21. The highest BCUT2D eigenvalue weighted by molar-refractivity contribution is 7.16. The Labute approximate surface area is 121 Å². The fourth-order valence-electron chi connectivity index (χ4n) is 2.16. The van der Waals surface area contributed by atoms with Gasteiger partial charge in [0.15, 0.2) is 4.80 Å². The molecule has 0 bridgehead atoms. The topological polar surface area (TPSA) is 43.6 Å². The second kappa shape index (κ2) is 5.25. The fourth-order valence-corrected chi connectivity index (χ4v) is 3.22. The normalized spacial score (nSPS) is 15.6. The molecule has 0 aliphatic heterocycles. The Morgan fingerprint density at radius 2 is 2.40 bits per heavy atom. The van der Waals surface area contributed by atoms with Crippen LogP contribution in [-0.4, -0.2) is 17.6 Å². The average molecular weight is 288 g/mol. The first-order valence-electron chi connectivity index (χ1n) is 6.60. The predicted octanol–water partition coefficient (Wildman–Crippen LogP) is 2.73. The minimum atomic E-state index is -0.00617. The molecule has 104 valence electrons. The van der Waals surface area contributed by atoms with Crippen molar-refractivity contribution in [2.75, 3.05) is 7.11 Å². The Balaban J connectivity index is 2.23. The van der Waals surface area contributed by atoms with Crippen LogP contribution in [-0.2, 0) is 11.3 Å². The molecule has 20 heavy (non-hydrogen) atoms. The summed E-state index contributed by atoms with van der Waals surface area (Å²) in [6, 6.07) is 5.88. The maximum atomic E-state index is 11.9. The van der Waals surface area contributed by atoms with E-state index < -0.39 is 0 Å². The van der Waals surface area contributed by atoms with Crippen molar-refractivity contribution in [1.82, 2.24) is 4.57 Å². The van der Waals surface area contributed by atoms with E-state index in [4.69, 9.17) is 4.74 Å². The van der Waals surface area contributed by atoms with E-state index in [0.717, 1.165) is 33.6 Å². The van der Waals surface area contributed by atoms with Gasteiger partial charge in [0.25, 0.3) is 5.91 Å². The highest BCUT2D eigenvalue weighted by Crippen LogP contribution is 2.31. The molecular formula is C15H16N2O2S. The molecule has 5 heteroatoms. The molecule has 1 aliphatic rings. The highest BCUT2D eigenvalue weighted by atomic mass is 32.1. The molecule has 0 radical (unpaired) electrons. The smallest absolute Gasteiger partial charge is 0.251 e. The zero-order chi connectivity index (χ0) is 14.1. The molecule has 1 aromatic heterocycles. The largest absolute Gasteiger partial charge is 0.495 e. The lowest BCUT2D eigenvalue weighted by Crippen LogP contribution is -2.17. The summed E-state index contributed by atoms with van der Waals surface area (Å²) in [5.74, 6) is 0.925. The molecule has 1 amide bonds. The number of para-hydroxylation sites is 1. The Morgan fingerprint density at radius 1 is 1.60 bits per heavy atom. The van der Waals surface area contributed by atoms with Crippen LogP contribution in [0.2, 0.25) is 0 Å². The third-order valence-corrected chi connectivity index (χ3v) is 4.37. The van der Waals surface area contributed by atoms with E-state index in [0.29, 0.717) is 6.54 Å². The number of ether oxygens (including phenoxy) is 1. The number of fused-ring (bicyclic) bond motifs is 1. The average Bonchev–Trinajstić information content (AvgIpc) is 3.24. The number of hydrogen-bond donors (Lipinski definition) is 0. The van der Waals surface area contributed by atoms with Crippen LogP contribution in [0.1, 0.15) is 12.8 Å². The molecule has 0 saturated heterocycles. The summed E-state index contributed by atoms with van der Waals surface area (Å²) < 4.78 is 8.47.